The van der Waals surface area contributed by atoms with Gasteiger partial charge in [-0.1, -0.05) is 29.0 Å². The van der Waals surface area contributed by atoms with Gasteiger partial charge in [0, 0.05) is 6.42 Å². The van der Waals surface area contributed by atoms with Crippen molar-refractivity contribution in [2.45, 2.75) is 6.42 Å². The molecule has 4 aromatic rings. The van der Waals surface area contributed by atoms with E-state index < -0.39 is 0 Å². The molecule has 0 aliphatic rings. The highest BCUT2D eigenvalue weighted by molar-refractivity contribution is 7.22. The van der Waals surface area contributed by atoms with E-state index in [1.54, 1.807) is 10.6 Å². The predicted octanol–water partition coefficient (Wildman–Crippen LogP) is 3.17. The summed E-state index contributed by atoms with van der Waals surface area (Å²) in [6, 6.07) is 9.73. The Kier molecular flexibility index (Phi) is 2.80. The number of fused-ring (bicyclic) bond motifs is 2. The summed E-state index contributed by atoms with van der Waals surface area (Å²) in [5.74, 6) is 0. The maximum absolute atomic E-state index is 5.95. The Bertz CT molecular complexity index is 958. The third-order valence-electron chi connectivity index (χ3n) is 3.26. The normalized spacial score (nSPS) is 11.5. The summed E-state index contributed by atoms with van der Waals surface area (Å²) in [4.78, 5) is 8.60. The van der Waals surface area contributed by atoms with Crippen molar-refractivity contribution in [3.8, 4) is 0 Å². The first kappa shape index (κ1) is 12.6. The van der Waals surface area contributed by atoms with Crippen LogP contribution in [-0.4, -0.2) is 19.6 Å². The highest BCUT2D eigenvalue weighted by atomic mass is 35.5. The van der Waals surface area contributed by atoms with E-state index in [0.717, 1.165) is 33.5 Å². The lowest BCUT2D eigenvalue weighted by molar-refractivity contribution is 0.872. The molecule has 0 radical (unpaired) electrons. The number of hydrogen-bond donors (Lipinski definition) is 1. The highest BCUT2D eigenvalue weighted by Crippen LogP contribution is 2.25. The van der Waals surface area contributed by atoms with Gasteiger partial charge in [0.15, 0.2) is 10.8 Å². The molecule has 4 rings (SSSR count). The number of aromatic nitrogens is 4. The van der Waals surface area contributed by atoms with Gasteiger partial charge in [-0.2, -0.15) is 5.10 Å². The van der Waals surface area contributed by atoms with Crippen LogP contribution < -0.4 is 5.73 Å². The van der Waals surface area contributed by atoms with Crippen molar-refractivity contribution in [3.63, 3.8) is 0 Å². The van der Waals surface area contributed by atoms with Crippen LogP contribution in [0.15, 0.2) is 36.5 Å². The summed E-state index contributed by atoms with van der Waals surface area (Å²) in [6.07, 6.45) is 2.55. The van der Waals surface area contributed by atoms with Crippen molar-refractivity contribution in [2.24, 2.45) is 0 Å². The van der Waals surface area contributed by atoms with Crippen LogP contribution >= 0.6 is 22.9 Å². The van der Waals surface area contributed by atoms with Gasteiger partial charge in [0.1, 0.15) is 5.15 Å². The molecule has 5 nitrogen and oxygen atoms in total. The second-order valence-corrected chi connectivity index (χ2v) is 6.16. The first-order valence-electron chi connectivity index (χ1n) is 6.33. The summed E-state index contributed by atoms with van der Waals surface area (Å²) in [7, 11) is 0. The van der Waals surface area contributed by atoms with Crippen LogP contribution in [0.4, 0.5) is 5.13 Å². The number of anilines is 1. The third kappa shape index (κ3) is 2.22. The van der Waals surface area contributed by atoms with Crippen LogP contribution in [0.1, 0.15) is 11.3 Å². The Morgan fingerprint density at radius 3 is 3.05 bits per heavy atom. The van der Waals surface area contributed by atoms with Gasteiger partial charge in [-0.25, -0.2) is 14.5 Å². The van der Waals surface area contributed by atoms with E-state index in [2.05, 4.69) is 21.1 Å². The minimum absolute atomic E-state index is 0.451. The molecule has 3 aromatic heterocycles. The number of hydrogen-bond acceptors (Lipinski definition) is 5. The number of benzene rings is 1. The van der Waals surface area contributed by atoms with Gasteiger partial charge in [0.05, 0.1) is 22.1 Å². The summed E-state index contributed by atoms with van der Waals surface area (Å²) in [5.41, 5.74) is 9.61. The lowest BCUT2D eigenvalue weighted by Crippen LogP contribution is -1.98. The van der Waals surface area contributed by atoms with Crippen molar-refractivity contribution in [1.29, 1.82) is 0 Å². The van der Waals surface area contributed by atoms with Crippen molar-refractivity contribution < 1.29 is 0 Å². The smallest absolute Gasteiger partial charge is 0.181 e. The summed E-state index contributed by atoms with van der Waals surface area (Å²) in [5, 5.41) is 5.33. The highest BCUT2D eigenvalue weighted by Gasteiger charge is 2.08. The molecule has 0 amide bonds. The van der Waals surface area contributed by atoms with Crippen LogP contribution in [0.2, 0.25) is 5.15 Å². The second-order valence-electron chi connectivity index (χ2n) is 4.71. The van der Waals surface area contributed by atoms with Crippen molar-refractivity contribution in [3.05, 3.63) is 52.9 Å². The Balaban J connectivity index is 1.76. The summed E-state index contributed by atoms with van der Waals surface area (Å²) < 4.78 is 2.86. The molecule has 0 bridgehead atoms. The van der Waals surface area contributed by atoms with E-state index in [0.29, 0.717) is 10.3 Å². The average Bonchev–Trinajstić information content (AvgIpc) is 3.01. The van der Waals surface area contributed by atoms with E-state index in [4.69, 9.17) is 17.3 Å². The van der Waals surface area contributed by atoms with E-state index in [1.807, 2.05) is 24.4 Å². The topological polar surface area (TPSA) is 69.1 Å². The monoisotopic (exact) mass is 315 g/mol. The second kappa shape index (κ2) is 4.68. The number of rotatable bonds is 2. The molecular weight excluding hydrogens is 306 g/mol. The molecular formula is C14H10ClN5S. The fraction of sp³-hybridized carbons (Fsp3) is 0.0714. The van der Waals surface area contributed by atoms with Gasteiger partial charge in [0.25, 0.3) is 0 Å². The molecule has 0 unspecified atom stereocenters. The molecule has 104 valence electrons. The molecule has 21 heavy (non-hydrogen) atoms. The van der Waals surface area contributed by atoms with Gasteiger partial charge >= 0.3 is 0 Å². The van der Waals surface area contributed by atoms with Crippen molar-refractivity contribution >= 4 is 43.9 Å². The standard InChI is InChI=1S/C14H10ClN5S/c15-12-3-4-13-17-7-9(20(13)19-12)5-8-1-2-10-11(6-8)21-14(16)18-10/h1-4,6-7H,5H2,(H2,16,18). The zero-order chi connectivity index (χ0) is 14.4. The Hall–Kier alpha value is -2.18. The molecule has 0 spiro atoms. The van der Waals surface area contributed by atoms with E-state index in [1.165, 1.54) is 11.3 Å². The van der Waals surface area contributed by atoms with Gasteiger partial charge in [-0.15, -0.1) is 0 Å². The zero-order valence-electron chi connectivity index (χ0n) is 10.8. The number of imidazole rings is 1. The van der Waals surface area contributed by atoms with Crippen LogP contribution in [0.3, 0.4) is 0 Å². The predicted molar refractivity (Wildman–Crippen MR) is 84.8 cm³/mol. The van der Waals surface area contributed by atoms with E-state index >= 15 is 0 Å². The lowest BCUT2D eigenvalue weighted by Gasteiger charge is -2.02. The Morgan fingerprint density at radius 1 is 1.24 bits per heavy atom. The van der Waals surface area contributed by atoms with Gasteiger partial charge in [-0.05, 0) is 29.8 Å². The van der Waals surface area contributed by atoms with Crippen LogP contribution in [0.5, 0.6) is 0 Å². The number of nitrogens with two attached hydrogens (primary N) is 1. The Labute approximate surface area is 129 Å². The van der Waals surface area contributed by atoms with Gasteiger partial charge < -0.3 is 5.73 Å². The maximum atomic E-state index is 5.95. The molecule has 2 N–H and O–H groups in total. The van der Waals surface area contributed by atoms with Crippen molar-refractivity contribution in [1.82, 2.24) is 19.6 Å². The molecule has 0 atom stereocenters. The fourth-order valence-electron chi connectivity index (χ4n) is 2.32. The first-order valence-corrected chi connectivity index (χ1v) is 7.52. The Morgan fingerprint density at radius 2 is 2.14 bits per heavy atom. The van der Waals surface area contributed by atoms with Crippen LogP contribution in [0.25, 0.3) is 15.9 Å². The van der Waals surface area contributed by atoms with Crippen LogP contribution in [0, 0.1) is 0 Å². The van der Waals surface area contributed by atoms with Gasteiger partial charge in [0.2, 0.25) is 0 Å². The van der Waals surface area contributed by atoms with E-state index in [-0.39, 0.29) is 0 Å². The van der Waals surface area contributed by atoms with E-state index in [9.17, 15) is 0 Å². The molecule has 0 saturated heterocycles. The zero-order valence-corrected chi connectivity index (χ0v) is 12.4. The summed E-state index contributed by atoms with van der Waals surface area (Å²) >= 11 is 7.44. The quantitative estimate of drug-likeness (QED) is 0.617. The fourth-order valence-corrected chi connectivity index (χ4v) is 3.26. The molecule has 0 saturated carbocycles. The largest absolute Gasteiger partial charge is 0.375 e. The van der Waals surface area contributed by atoms with Gasteiger partial charge in [-0.3, -0.25) is 0 Å². The third-order valence-corrected chi connectivity index (χ3v) is 4.30. The number of halogens is 1. The SMILES string of the molecule is Nc1nc2ccc(Cc3cnc4ccc(Cl)nn34)cc2s1. The lowest BCUT2D eigenvalue weighted by atomic mass is 10.1. The molecule has 0 aliphatic carbocycles. The molecule has 7 heteroatoms. The molecule has 0 aliphatic heterocycles. The maximum Gasteiger partial charge on any atom is 0.181 e. The molecule has 3 heterocycles. The number of nitrogens with zero attached hydrogens (tertiary/aromatic N) is 4. The van der Waals surface area contributed by atoms with Crippen molar-refractivity contribution in [2.75, 3.05) is 5.73 Å². The van der Waals surface area contributed by atoms with Crippen LogP contribution in [-0.2, 0) is 6.42 Å². The summed E-state index contributed by atoms with van der Waals surface area (Å²) in [6.45, 7) is 0. The average molecular weight is 316 g/mol. The first-order chi connectivity index (χ1) is 10.2. The minimum Gasteiger partial charge on any atom is -0.375 e. The minimum atomic E-state index is 0.451. The molecule has 0 fully saturated rings. The number of thiazole rings is 1. The molecule has 1 aromatic carbocycles. The number of nitrogen functional groups attached to an aromatic ring is 1.